The van der Waals surface area contributed by atoms with Crippen molar-refractivity contribution in [2.24, 2.45) is 23.5 Å². The lowest BCUT2D eigenvalue weighted by Gasteiger charge is -2.36. The Morgan fingerprint density at radius 1 is 1.39 bits per heavy atom. The molecule has 0 saturated heterocycles. The number of hydrogen-bond acceptors (Lipinski definition) is 4. The Balaban J connectivity index is 1.99. The number of primary amides is 1. The Morgan fingerprint density at radius 3 is 2.44 bits per heavy atom. The first-order valence-electron chi connectivity index (χ1n) is 6.62. The van der Waals surface area contributed by atoms with Crippen molar-refractivity contribution in [2.45, 2.75) is 44.6 Å². The average molecular weight is 255 g/mol. The van der Waals surface area contributed by atoms with Gasteiger partial charge in [0.1, 0.15) is 0 Å². The molecule has 0 radical (unpaired) electrons. The van der Waals surface area contributed by atoms with Crippen molar-refractivity contribution >= 4 is 11.9 Å². The van der Waals surface area contributed by atoms with Gasteiger partial charge in [0.25, 0.3) is 5.91 Å². The van der Waals surface area contributed by atoms with E-state index in [1.807, 2.05) is 0 Å². The van der Waals surface area contributed by atoms with Crippen LogP contribution in [0.15, 0.2) is 0 Å². The number of rotatable bonds is 4. The lowest BCUT2D eigenvalue weighted by molar-refractivity contribution is -0.173. The number of esters is 1. The van der Waals surface area contributed by atoms with E-state index in [2.05, 4.69) is 6.92 Å². The quantitative estimate of drug-likeness (QED) is 0.719. The number of ether oxygens (including phenoxy) is 1. The predicted octanol–water partition coefficient (Wildman–Crippen LogP) is 0.592. The highest BCUT2D eigenvalue weighted by Crippen LogP contribution is 2.42. The lowest BCUT2D eigenvalue weighted by Crippen LogP contribution is -2.50. The Kier molecular flexibility index (Phi) is 3.61. The highest BCUT2D eigenvalue weighted by atomic mass is 16.6. The third kappa shape index (κ3) is 2.51. The van der Waals surface area contributed by atoms with Gasteiger partial charge in [-0.3, -0.25) is 9.59 Å². The molecule has 2 rings (SSSR count). The topological polar surface area (TPSA) is 89.6 Å². The number of carbonyl (C=O) groups is 2. The molecule has 2 aliphatic rings. The molecular weight excluding hydrogens is 234 g/mol. The minimum absolute atomic E-state index is 0.000369. The van der Waals surface area contributed by atoms with Gasteiger partial charge in [-0.05, 0) is 43.9 Å². The van der Waals surface area contributed by atoms with Crippen LogP contribution in [-0.4, -0.2) is 29.2 Å². The van der Waals surface area contributed by atoms with Crippen molar-refractivity contribution < 1.29 is 19.4 Å². The van der Waals surface area contributed by atoms with E-state index in [1.165, 1.54) is 0 Å². The van der Waals surface area contributed by atoms with Gasteiger partial charge in [0.2, 0.25) is 0 Å². The summed E-state index contributed by atoms with van der Waals surface area (Å²) in [5.41, 5.74) is 4.31. The van der Waals surface area contributed by atoms with E-state index in [9.17, 15) is 9.59 Å². The molecule has 5 heteroatoms. The first-order valence-corrected chi connectivity index (χ1v) is 6.62. The Morgan fingerprint density at radius 2 is 2.00 bits per heavy atom. The summed E-state index contributed by atoms with van der Waals surface area (Å²) in [6, 6.07) is 0. The summed E-state index contributed by atoms with van der Waals surface area (Å²) >= 11 is 0. The molecule has 0 aromatic carbocycles. The van der Waals surface area contributed by atoms with Gasteiger partial charge in [0.15, 0.2) is 5.60 Å². The summed E-state index contributed by atoms with van der Waals surface area (Å²) in [5.74, 6) is -0.607. The SMILES string of the molecule is CC1CCC(OC(=O)C2CC2CO)(C(N)=O)CC1. The maximum Gasteiger partial charge on any atom is 0.310 e. The van der Waals surface area contributed by atoms with Gasteiger partial charge in [0, 0.05) is 6.61 Å². The van der Waals surface area contributed by atoms with Crippen LogP contribution in [0.5, 0.6) is 0 Å². The minimum Gasteiger partial charge on any atom is -0.449 e. The monoisotopic (exact) mass is 255 g/mol. The van der Waals surface area contributed by atoms with Crippen LogP contribution in [-0.2, 0) is 14.3 Å². The zero-order chi connectivity index (χ0) is 13.3. The van der Waals surface area contributed by atoms with Gasteiger partial charge in [-0.2, -0.15) is 0 Å². The predicted molar refractivity (Wildman–Crippen MR) is 64.3 cm³/mol. The minimum atomic E-state index is -1.10. The van der Waals surface area contributed by atoms with E-state index < -0.39 is 11.5 Å². The molecule has 2 unspecified atom stereocenters. The first-order chi connectivity index (χ1) is 8.48. The summed E-state index contributed by atoms with van der Waals surface area (Å²) in [6.07, 6.45) is 3.40. The molecule has 0 aromatic heterocycles. The largest absolute Gasteiger partial charge is 0.449 e. The summed E-state index contributed by atoms with van der Waals surface area (Å²) in [6.45, 7) is 2.12. The van der Waals surface area contributed by atoms with Crippen molar-refractivity contribution in [2.75, 3.05) is 6.61 Å². The maximum absolute atomic E-state index is 11.9. The van der Waals surface area contributed by atoms with Crippen LogP contribution in [0.3, 0.4) is 0 Å². The smallest absolute Gasteiger partial charge is 0.310 e. The molecule has 2 saturated carbocycles. The second-order valence-corrected chi connectivity index (χ2v) is 5.75. The molecule has 0 aliphatic heterocycles. The van der Waals surface area contributed by atoms with E-state index in [0.29, 0.717) is 25.2 Å². The summed E-state index contributed by atoms with van der Waals surface area (Å²) in [4.78, 5) is 23.5. The number of amides is 1. The molecule has 0 spiro atoms. The molecular formula is C13H21NO4. The fraction of sp³-hybridized carbons (Fsp3) is 0.846. The van der Waals surface area contributed by atoms with Crippen LogP contribution in [0, 0.1) is 17.8 Å². The normalized spacial score (nSPS) is 39.1. The number of aliphatic hydroxyl groups excluding tert-OH is 1. The van der Waals surface area contributed by atoms with E-state index in [-0.39, 0.29) is 24.4 Å². The molecule has 102 valence electrons. The number of aliphatic hydroxyl groups is 1. The second-order valence-electron chi connectivity index (χ2n) is 5.75. The van der Waals surface area contributed by atoms with Gasteiger partial charge >= 0.3 is 5.97 Å². The first kappa shape index (κ1) is 13.3. The Bertz CT molecular complexity index is 347. The summed E-state index contributed by atoms with van der Waals surface area (Å²) in [7, 11) is 0. The Hall–Kier alpha value is -1.10. The third-order valence-electron chi connectivity index (χ3n) is 4.29. The van der Waals surface area contributed by atoms with Crippen LogP contribution in [0.4, 0.5) is 0 Å². The van der Waals surface area contributed by atoms with Gasteiger partial charge in [0.05, 0.1) is 5.92 Å². The van der Waals surface area contributed by atoms with Crippen LogP contribution in [0.2, 0.25) is 0 Å². The lowest BCUT2D eigenvalue weighted by atomic mass is 9.79. The molecule has 1 amide bonds. The third-order valence-corrected chi connectivity index (χ3v) is 4.29. The fourth-order valence-corrected chi connectivity index (χ4v) is 2.63. The number of hydrogen-bond donors (Lipinski definition) is 2. The molecule has 0 bridgehead atoms. The van der Waals surface area contributed by atoms with E-state index in [1.54, 1.807) is 0 Å². The maximum atomic E-state index is 11.9. The molecule has 18 heavy (non-hydrogen) atoms. The van der Waals surface area contributed by atoms with Crippen molar-refractivity contribution in [3.8, 4) is 0 Å². The van der Waals surface area contributed by atoms with Crippen LogP contribution in [0.25, 0.3) is 0 Å². The van der Waals surface area contributed by atoms with Crippen LogP contribution in [0.1, 0.15) is 39.0 Å². The van der Waals surface area contributed by atoms with Crippen LogP contribution < -0.4 is 5.73 Å². The molecule has 2 aliphatic carbocycles. The molecule has 3 N–H and O–H groups in total. The molecule has 0 heterocycles. The van der Waals surface area contributed by atoms with E-state index >= 15 is 0 Å². The summed E-state index contributed by atoms with van der Waals surface area (Å²) in [5, 5.41) is 8.94. The molecule has 2 fully saturated rings. The molecule has 5 nitrogen and oxygen atoms in total. The fourth-order valence-electron chi connectivity index (χ4n) is 2.63. The number of nitrogens with two attached hydrogens (primary N) is 1. The van der Waals surface area contributed by atoms with Gasteiger partial charge in [-0.1, -0.05) is 6.92 Å². The van der Waals surface area contributed by atoms with E-state index in [0.717, 1.165) is 12.8 Å². The zero-order valence-electron chi connectivity index (χ0n) is 10.7. The van der Waals surface area contributed by atoms with Crippen LogP contribution >= 0.6 is 0 Å². The molecule has 2 atom stereocenters. The van der Waals surface area contributed by atoms with Gasteiger partial charge in [-0.15, -0.1) is 0 Å². The van der Waals surface area contributed by atoms with E-state index in [4.69, 9.17) is 15.6 Å². The van der Waals surface area contributed by atoms with Gasteiger partial charge in [-0.25, -0.2) is 0 Å². The second kappa shape index (κ2) is 4.88. The van der Waals surface area contributed by atoms with Gasteiger partial charge < -0.3 is 15.6 Å². The number of carbonyl (C=O) groups excluding carboxylic acids is 2. The van der Waals surface area contributed by atoms with Crippen molar-refractivity contribution in [3.63, 3.8) is 0 Å². The highest BCUT2D eigenvalue weighted by molar-refractivity contribution is 5.87. The van der Waals surface area contributed by atoms with Crippen molar-refractivity contribution in [3.05, 3.63) is 0 Å². The van der Waals surface area contributed by atoms with Crippen molar-refractivity contribution in [1.29, 1.82) is 0 Å². The standard InChI is InChI=1S/C13H21NO4/c1-8-2-4-13(5-3-8,12(14)17)18-11(16)10-6-9(10)7-15/h8-10,15H,2-7H2,1H3,(H2,14,17). The Labute approximate surface area is 107 Å². The van der Waals surface area contributed by atoms with Crippen molar-refractivity contribution in [1.82, 2.24) is 0 Å². The molecule has 0 aromatic rings. The highest BCUT2D eigenvalue weighted by Gasteiger charge is 2.49. The zero-order valence-corrected chi connectivity index (χ0v) is 10.7. The summed E-state index contributed by atoms with van der Waals surface area (Å²) < 4.78 is 5.42. The average Bonchev–Trinajstić information content (AvgIpc) is 3.11.